The molecule has 2 heterocycles. The third kappa shape index (κ3) is 6.18. The second kappa shape index (κ2) is 10.7. The van der Waals surface area contributed by atoms with Crippen molar-refractivity contribution >= 4 is 23.8 Å². The van der Waals surface area contributed by atoms with Gasteiger partial charge in [-0.1, -0.05) is 26.8 Å². The van der Waals surface area contributed by atoms with Crippen molar-refractivity contribution in [1.29, 1.82) is 0 Å². The molecule has 2 saturated carbocycles. The Kier molecular flexibility index (Phi) is 8.18. The standard InChI is InChI=1S/C28H45N3O.ClH/c1-28(2,3)24-8-6-23(7-9-24)26-11-10-25(30-16-18-32-19-17-30)20-27(26)31-14-12-29(13-15-31)21-22-4-5-22;/h10-11,20,22-24H,4-9,12-19,21H2,1-3H3;1H. The van der Waals surface area contributed by atoms with E-state index in [0.29, 0.717) is 5.41 Å². The lowest BCUT2D eigenvalue weighted by Crippen LogP contribution is -2.47. The molecular formula is C28H46ClN3O. The lowest BCUT2D eigenvalue weighted by atomic mass is 9.68. The highest BCUT2D eigenvalue weighted by Crippen LogP contribution is 2.46. The van der Waals surface area contributed by atoms with Crippen molar-refractivity contribution in [2.45, 2.75) is 65.2 Å². The highest BCUT2D eigenvalue weighted by molar-refractivity contribution is 5.85. The van der Waals surface area contributed by atoms with Gasteiger partial charge in [-0.3, -0.25) is 4.90 Å². The molecule has 0 spiro atoms. The van der Waals surface area contributed by atoms with Gasteiger partial charge in [0.15, 0.2) is 0 Å². The molecule has 5 heteroatoms. The number of anilines is 2. The van der Waals surface area contributed by atoms with E-state index in [9.17, 15) is 0 Å². The molecule has 2 aliphatic heterocycles. The monoisotopic (exact) mass is 475 g/mol. The van der Waals surface area contributed by atoms with E-state index in [2.05, 4.69) is 53.7 Å². The summed E-state index contributed by atoms with van der Waals surface area (Å²) in [4.78, 5) is 7.96. The van der Waals surface area contributed by atoms with Crippen LogP contribution in [0.2, 0.25) is 0 Å². The Balaban J connectivity index is 0.00000259. The van der Waals surface area contributed by atoms with Gasteiger partial charge in [-0.15, -0.1) is 12.4 Å². The molecule has 4 fully saturated rings. The van der Waals surface area contributed by atoms with Gasteiger partial charge < -0.3 is 14.5 Å². The molecule has 0 atom stereocenters. The molecule has 0 bridgehead atoms. The second-order valence-electron chi connectivity index (χ2n) is 12.0. The summed E-state index contributed by atoms with van der Waals surface area (Å²) < 4.78 is 5.61. The minimum atomic E-state index is 0. The molecule has 4 aliphatic rings. The van der Waals surface area contributed by atoms with Gasteiger partial charge in [-0.25, -0.2) is 0 Å². The maximum atomic E-state index is 5.61. The Morgan fingerprint density at radius 1 is 0.818 bits per heavy atom. The fourth-order valence-corrected chi connectivity index (χ4v) is 6.28. The van der Waals surface area contributed by atoms with Crippen molar-refractivity contribution in [3.05, 3.63) is 23.8 Å². The molecule has 4 nitrogen and oxygen atoms in total. The Morgan fingerprint density at radius 2 is 1.48 bits per heavy atom. The van der Waals surface area contributed by atoms with E-state index in [0.717, 1.165) is 44.1 Å². The van der Waals surface area contributed by atoms with Crippen molar-refractivity contribution in [1.82, 2.24) is 4.90 Å². The maximum absolute atomic E-state index is 5.61. The summed E-state index contributed by atoms with van der Waals surface area (Å²) in [5, 5.41) is 0. The van der Waals surface area contributed by atoms with Gasteiger partial charge in [-0.2, -0.15) is 0 Å². The maximum Gasteiger partial charge on any atom is 0.0642 e. The van der Waals surface area contributed by atoms with Crippen LogP contribution in [0.5, 0.6) is 0 Å². The number of halogens is 1. The summed E-state index contributed by atoms with van der Waals surface area (Å²) in [5.41, 5.74) is 5.02. The minimum absolute atomic E-state index is 0. The molecule has 0 radical (unpaired) electrons. The fourth-order valence-electron chi connectivity index (χ4n) is 6.28. The van der Waals surface area contributed by atoms with E-state index in [4.69, 9.17) is 4.74 Å². The van der Waals surface area contributed by atoms with E-state index < -0.39 is 0 Å². The Labute approximate surface area is 208 Å². The lowest BCUT2D eigenvalue weighted by Gasteiger charge is -2.41. The van der Waals surface area contributed by atoms with Crippen LogP contribution in [-0.2, 0) is 4.74 Å². The highest BCUT2D eigenvalue weighted by atomic mass is 35.5. The number of ether oxygens (including phenoxy) is 1. The van der Waals surface area contributed by atoms with Gasteiger partial charge in [0.25, 0.3) is 0 Å². The number of piperazine rings is 1. The molecule has 0 amide bonds. The van der Waals surface area contributed by atoms with Crippen LogP contribution in [0.25, 0.3) is 0 Å². The molecule has 5 rings (SSSR count). The summed E-state index contributed by atoms with van der Waals surface area (Å²) in [7, 11) is 0. The first-order valence-corrected chi connectivity index (χ1v) is 13.4. The molecule has 1 aromatic rings. The van der Waals surface area contributed by atoms with Gasteiger partial charge in [0.05, 0.1) is 13.2 Å². The third-order valence-electron chi connectivity index (χ3n) is 8.71. The largest absolute Gasteiger partial charge is 0.378 e. The van der Waals surface area contributed by atoms with Crippen molar-refractivity contribution in [3.8, 4) is 0 Å². The van der Waals surface area contributed by atoms with Crippen LogP contribution in [0, 0.1) is 17.3 Å². The number of benzene rings is 1. The topological polar surface area (TPSA) is 19.0 Å². The Hall–Kier alpha value is -0.970. The van der Waals surface area contributed by atoms with Crippen LogP contribution in [0.4, 0.5) is 11.4 Å². The Bertz CT molecular complexity index is 753. The van der Waals surface area contributed by atoms with Crippen LogP contribution in [0.1, 0.15) is 70.8 Å². The molecule has 2 saturated heterocycles. The van der Waals surface area contributed by atoms with Crippen LogP contribution in [0.15, 0.2) is 18.2 Å². The first-order chi connectivity index (χ1) is 15.5. The van der Waals surface area contributed by atoms with E-state index in [1.54, 1.807) is 11.3 Å². The first kappa shape index (κ1) is 25.1. The highest BCUT2D eigenvalue weighted by Gasteiger charge is 2.33. The molecular weight excluding hydrogens is 430 g/mol. The number of hydrogen-bond donors (Lipinski definition) is 0. The van der Waals surface area contributed by atoms with Crippen LogP contribution in [-0.4, -0.2) is 63.9 Å². The zero-order valence-electron chi connectivity index (χ0n) is 21.2. The minimum Gasteiger partial charge on any atom is -0.378 e. The number of hydrogen-bond acceptors (Lipinski definition) is 4. The molecule has 186 valence electrons. The normalized spacial score (nSPS) is 27.4. The van der Waals surface area contributed by atoms with Crippen molar-refractivity contribution in [2.75, 3.05) is 68.8 Å². The van der Waals surface area contributed by atoms with Gasteiger partial charge in [-0.05, 0) is 79.4 Å². The zero-order valence-corrected chi connectivity index (χ0v) is 22.0. The Morgan fingerprint density at radius 3 is 2.09 bits per heavy atom. The summed E-state index contributed by atoms with van der Waals surface area (Å²) in [6.07, 6.45) is 8.40. The van der Waals surface area contributed by atoms with Crippen LogP contribution in [0.3, 0.4) is 0 Å². The average Bonchev–Trinajstić information content (AvgIpc) is 3.63. The first-order valence-electron chi connectivity index (χ1n) is 13.4. The van der Waals surface area contributed by atoms with Gasteiger partial charge in [0.2, 0.25) is 0 Å². The van der Waals surface area contributed by atoms with E-state index >= 15 is 0 Å². The fraction of sp³-hybridized carbons (Fsp3) is 0.786. The van der Waals surface area contributed by atoms with E-state index in [1.165, 1.54) is 76.9 Å². The molecule has 0 unspecified atom stereocenters. The SMILES string of the molecule is CC(C)(C)C1CCC(c2ccc(N3CCOCC3)cc2N2CCN(CC3CC3)CC2)CC1.Cl. The smallest absolute Gasteiger partial charge is 0.0642 e. The van der Waals surface area contributed by atoms with Crippen LogP contribution >= 0.6 is 12.4 Å². The summed E-state index contributed by atoms with van der Waals surface area (Å²) in [6.45, 7) is 17.2. The molecule has 2 aliphatic carbocycles. The van der Waals surface area contributed by atoms with Gasteiger partial charge in [0.1, 0.15) is 0 Å². The predicted octanol–water partition coefficient (Wildman–Crippen LogP) is 5.80. The van der Waals surface area contributed by atoms with Gasteiger partial charge >= 0.3 is 0 Å². The summed E-state index contributed by atoms with van der Waals surface area (Å²) in [5.74, 6) is 2.60. The lowest BCUT2D eigenvalue weighted by molar-refractivity contribution is 0.122. The summed E-state index contributed by atoms with van der Waals surface area (Å²) in [6, 6.07) is 7.44. The molecule has 0 aromatic heterocycles. The van der Waals surface area contributed by atoms with E-state index in [1.807, 2.05) is 0 Å². The van der Waals surface area contributed by atoms with E-state index in [-0.39, 0.29) is 12.4 Å². The molecule has 33 heavy (non-hydrogen) atoms. The average molecular weight is 476 g/mol. The zero-order chi connectivity index (χ0) is 22.1. The number of morpholine rings is 1. The molecule has 1 aromatic carbocycles. The summed E-state index contributed by atoms with van der Waals surface area (Å²) >= 11 is 0. The number of nitrogens with zero attached hydrogens (tertiary/aromatic N) is 3. The molecule has 0 N–H and O–H groups in total. The number of rotatable bonds is 5. The van der Waals surface area contributed by atoms with Crippen LogP contribution < -0.4 is 9.80 Å². The van der Waals surface area contributed by atoms with Crippen molar-refractivity contribution in [3.63, 3.8) is 0 Å². The quantitative estimate of drug-likeness (QED) is 0.535. The van der Waals surface area contributed by atoms with Crippen molar-refractivity contribution in [2.24, 2.45) is 17.3 Å². The third-order valence-corrected chi connectivity index (χ3v) is 8.71. The predicted molar refractivity (Wildman–Crippen MR) is 142 cm³/mol. The second-order valence-corrected chi connectivity index (χ2v) is 12.0. The van der Waals surface area contributed by atoms with Crippen molar-refractivity contribution < 1.29 is 4.74 Å². The van der Waals surface area contributed by atoms with Gasteiger partial charge in [0, 0.05) is 57.2 Å².